The molecule has 0 radical (unpaired) electrons. The van der Waals surface area contributed by atoms with Crippen LogP contribution in [0.5, 0.6) is 11.5 Å². The standard InChI is InChI=1S/C20H28N2O4/c1-20(2,3)21-18(23)17(22-14-8-6-7-13(14)19(22)24)12-9-10-15(25-4)16(11-12)26-5/h9-11,13-14,17H,6-8H2,1-5H3,(H,21,23)/t13-,14+,17?/m1/s1. The zero-order valence-corrected chi connectivity index (χ0v) is 16.2. The highest BCUT2D eigenvalue weighted by Crippen LogP contribution is 2.46. The van der Waals surface area contributed by atoms with E-state index in [2.05, 4.69) is 5.32 Å². The summed E-state index contributed by atoms with van der Waals surface area (Å²) in [6.07, 6.45) is 2.93. The van der Waals surface area contributed by atoms with Gasteiger partial charge in [-0.05, 0) is 51.3 Å². The van der Waals surface area contributed by atoms with Crippen LogP contribution in [-0.2, 0) is 9.59 Å². The minimum atomic E-state index is -0.652. The molecular weight excluding hydrogens is 332 g/mol. The van der Waals surface area contributed by atoms with Crippen LogP contribution in [0.2, 0.25) is 0 Å². The molecule has 2 amide bonds. The van der Waals surface area contributed by atoms with Gasteiger partial charge in [-0.15, -0.1) is 0 Å². The Bertz CT molecular complexity index is 710. The minimum Gasteiger partial charge on any atom is -0.493 e. The second-order valence-corrected chi connectivity index (χ2v) is 8.11. The molecule has 1 aliphatic heterocycles. The van der Waals surface area contributed by atoms with Gasteiger partial charge >= 0.3 is 0 Å². The third-order valence-electron chi connectivity index (χ3n) is 5.16. The van der Waals surface area contributed by atoms with Crippen LogP contribution in [0.15, 0.2) is 18.2 Å². The number of amides is 2. The topological polar surface area (TPSA) is 67.9 Å². The Morgan fingerprint density at radius 1 is 1.19 bits per heavy atom. The molecule has 3 rings (SSSR count). The van der Waals surface area contributed by atoms with Gasteiger partial charge in [-0.2, -0.15) is 0 Å². The summed E-state index contributed by atoms with van der Waals surface area (Å²) in [6, 6.07) is 4.92. The fraction of sp³-hybridized carbons (Fsp3) is 0.600. The van der Waals surface area contributed by atoms with Crippen LogP contribution in [0, 0.1) is 5.92 Å². The summed E-state index contributed by atoms with van der Waals surface area (Å²) >= 11 is 0. The van der Waals surface area contributed by atoms with Crippen molar-refractivity contribution in [1.29, 1.82) is 0 Å². The number of ether oxygens (including phenoxy) is 2. The van der Waals surface area contributed by atoms with E-state index < -0.39 is 6.04 Å². The van der Waals surface area contributed by atoms with Crippen LogP contribution in [0.3, 0.4) is 0 Å². The predicted molar refractivity (Wildman–Crippen MR) is 98.2 cm³/mol. The molecule has 26 heavy (non-hydrogen) atoms. The zero-order chi connectivity index (χ0) is 19.1. The van der Waals surface area contributed by atoms with Crippen molar-refractivity contribution in [2.24, 2.45) is 5.92 Å². The molecule has 3 atom stereocenters. The summed E-state index contributed by atoms with van der Waals surface area (Å²) in [6.45, 7) is 5.81. The van der Waals surface area contributed by atoms with Gasteiger partial charge in [-0.1, -0.05) is 12.5 Å². The first-order valence-corrected chi connectivity index (χ1v) is 9.13. The van der Waals surface area contributed by atoms with Crippen LogP contribution in [0.25, 0.3) is 0 Å². The van der Waals surface area contributed by atoms with Crippen molar-refractivity contribution in [3.8, 4) is 11.5 Å². The van der Waals surface area contributed by atoms with E-state index in [0.29, 0.717) is 11.5 Å². The number of hydrogen-bond donors (Lipinski definition) is 1. The molecule has 6 heteroatoms. The molecule has 6 nitrogen and oxygen atoms in total. The summed E-state index contributed by atoms with van der Waals surface area (Å²) in [4.78, 5) is 27.6. The van der Waals surface area contributed by atoms with E-state index in [1.807, 2.05) is 26.8 Å². The lowest BCUT2D eigenvalue weighted by molar-refractivity contribution is -0.163. The van der Waals surface area contributed by atoms with Crippen molar-refractivity contribution in [1.82, 2.24) is 10.2 Å². The summed E-state index contributed by atoms with van der Waals surface area (Å²) in [7, 11) is 3.14. The maximum Gasteiger partial charge on any atom is 0.247 e. The highest BCUT2D eigenvalue weighted by molar-refractivity contribution is 5.94. The lowest BCUT2D eigenvalue weighted by Gasteiger charge is -2.48. The van der Waals surface area contributed by atoms with Gasteiger partial charge in [0.25, 0.3) is 0 Å². The summed E-state index contributed by atoms with van der Waals surface area (Å²) in [5, 5.41) is 3.03. The second kappa shape index (κ2) is 6.82. The van der Waals surface area contributed by atoms with E-state index >= 15 is 0 Å². The van der Waals surface area contributed by atoms with Gasteiger partial charge in [-0.25, -0.2) is 0 Å². The van der Waals surface area contributed by atoms with Crippen molar-refractivity contribution >= 4 is 11.8 Å². The van der Waals surface area contributed by atoms with Gasteiger partial charge in [0, 0.05) is 11.6 Å². The number of β-lactam (4-membered cyclic amide) rings is 1. The molecule has 0 bridgehead atoms. The lowest BCUT2D eigenvalue weighted by Crippen LogP contribution is -2.62. The van der Waals surface area contributed by atoms with Crippen LogP contribution in [0.1, 0.15) is 51.6 Å². The average molecular weight is 360 g/mol. The number of methoxy groups -OCH3 is 2. The van der Waals surface area contributed by atoms with E-state index in [4.69, 9.17) is 9.47 Å². The van der Waals surface area contributed by atoms with E-state index in [1.165, 1.54) is 0 Å². The first kappa shape index (κ1) is 18.5. The third kappa shape index (κ3) is 3.24. The third-order valence-corrected chi connectivity index (χ3v) is 5.16. The Hall–Kier alpha value is -2.24. The first-order chi connectivity index (χ1) is 12.3. The molecule has 1 aromatic carbocycles. The molecule has 1 aromatic rings. The Labute approximate surface area is 154 Å². The number of fused-ring (bicyclic) bond motifs is 1. The summed E-state index contributed by atoms with van der Waals surface area (Å²) < 4.78 is 10.7. The van der Waals surface area contributed by atoms with Crippen LogP contribution < -0.4 is 14.8 Å². The van der Waals surface area contributed by atoms with E-state index in [1.54, 1.807) is 31.3 Å². The van der Waals surface area contributed by atoms with Crippen LogP contribution >= 0.6 is 0 Å². The summed E-state index contributed by atoms with van der Waals surface area (Å²) in [5.41, 5.74) is 0.359. The van der Waals surface area contributed by atoms with Gasteiger partial charge < -0.3 is 19.7 Å². The van der Waals surface area contributed by atoms with Gasteiger partial charge in [-0.3, -0.25) is 9.59 Å². The van der Waals surface area contributed by atoms with Crippen molar-refractivity contribution in [2.75, 3.05) is 14.2 Å². The molecule has 2 fully saturated rings. The molecule has 0 spiro atoms. The number of rotatable bonds is 5. The SMILES string of the molecule is COc1ccc(C(C(=O)NC(C)(C)C)N2C(=O)[C@@H]3CCC[C@@H]32)cc1OC. The number of benzene rings is 1. The molecule has 142 valence electrons. The van der Waals surface area contributed by atoms with Crippen molar-refractivity contribution < 1.29 is 19.1 Å². The highest BCUT2D eigenvalue weighted by atomic mass is 16.5. The van der Waals surface area contributed by atoms with Crippen LogP contribution in [0.4, 0.5) is 0 Å². The quantitative estimate of drug-likeness (QED) is 0.820. The monoisotopic (exact) mass is 360 g/mol. The maximum absolute atomic E-state index is 13.1. The van der Waals surface area contributed by atoms with Gasteiger partial charge in [0.15, 0.2) is 11.5 Å². The molecule has 1 N–H and O–H groups in total. The van der Waals surface area contributed by atoms with E-state index in [-0.39, 0.29) is 29.3 Å². The fourth-order valence-electron chi connectivity index (χ4n) is 4.05. The average Bonchev–Trinajstić information content (AvgIpc) is 3.01. The second-order valence-electron chi connectivity index (χ2n) is 8.11. The first-order valence-electron chi connectivity index (χ1n) is 9.13. The number of carbonyl (C=O) groups excluding carboxylic acids is 2. The zero-order valence-electron chi connectivity index (χ0n) is 16.2. The van der Waals surface area contributed by atoms with E-state index in [9.17, 15) is 9.59 Å². The van der Waals surface area contributed by atoms with Crippen LogP contribution in [-0.4, -0.2) is 42.5 Å². The largest absolute Gasteiger partial charge is 0.493 e. The van der Waals surface area contributed by atoms with Crippen molar-refractivity contribution in [2.45, 2.75) is 57.7 Å². The fourth-order valence-corrected chi connectivity index (χ4v) is 4.05. The number of likely N-dealkylation sites (tertiary alicyclic amines) is 1. The smallest absolute Gasteiger partial charge is 0.247 e. The maximum atomic E-state index is 13.1. The Kier molecular flexibility index (Phi) is 4.86. The summed E-state index contributed by atoms with van der Waals surface area (Å²) in [5.74, 6) is 1.15. The molecule has 1 heterocycles. The lowest BCUT2D eigenvalue weighted by atomic mass is 9.86. The molecule has 0 aromatic heterocycles. The number of nitrogens with zero attached hydrogens (tertiary/aromatic N) is 1. The Balaban J connectivity index is 1.98. The number of carbonyl (C=O) groups is 2. The molecule has 1 unspecified atom stereocenters. The van der Waals surface area contributed by atoms with E-state index in [0.717, 1.165) is 24.8 Å². The van der Waals surface area contributed by atoms with Crippen molar-refractivity contribution in [3.63, 3.8) is 0 Å². The predicted octanol–water partition coefficient (Wildman–Crippen LogP) is 2.67. The molecule has 1 saturated carbocycles. The van der Waals surface area contributed by atoms with Gasteiger partial charge in [0.05, 0.1) is 20.1 Å². The Morgan fingerprint density at radius 2 is 1.88 bits per heavy atom. The van der Waals surface area contributed by atoms with Crippen molar-refractivity contribution in [3.05, 3.63) is 23.8 Å². The number of hydrogen-bond acceptors (Lipinski definition) is 4. The normalized spacial score (nSPS) is 23.1. The molecule has 1 aliphatic carbocycles. The van der Waals surface area contributed by atoms with Gasteiger partial charge in [0.2, 0.25) is 11.8 Å². The molecule has 1 saturated heterocycles. The highest BCUT2D eigenvalue weighted by Gasteiger charge is 2.54. The Morgan fingerprint density at radius 3 is 2.50 bits per heavy atom. The van der Waals surface area contributed by atoms with Gasteiger partial charge in [0.1, 0.15) is 6.04 Å². The number of nitrogens with one attached hydrogen (secondary N) is 1. The molecule has 2 aliphatic rings. The molecular formula is C20H28N2O4. The minimum absolute atomic E-state index is 0.0799.